The van der Waals surface area contributed by atoms with Crippen molar-refractivity contribution >= 4 is 17.9 Å². The van der Waals surface area contributed by atoms with Crippen LogP contribution in [0.1, 0.15) is 271 Å². The number of carbonyl (C=O) groups is 3. The zero-order chi connectivity index (χ0) is 46.3. The third kappa shape index (κ3) is 45.0. The van der Waals surface area contributed by atoms with Crippen molar-refractivity contribution in [1.29, 1.82) is 0 Å². The van der Waals surface area contributed by atoms with Gasteiger partial charge in [0, 0.05) is 19.3 Å². The number of carbonyl (C=O) groups excluding carboxylic acids is 3. The molecule has 0 aliphatic carbocycles. The number of carboxylic acids is 1. The van der Waals surface area contributed by atoms with Crippen molar-refractivity contribution in [1.82, 2.24) is 0 Å². The van der Waals surface area contributed by atoms with Crippen molar-refractivity contribution < 1.29 is 38.2 Å². The first kappa shape index (κ1) is 61.1. The largest absolute Gasteiger partial charge is 0.544 e. The fraction of sp³-hybridized carbons (Fsp3) is 0.909. The summed E-state index contributed by atoms with van der Waals surface area (Å²) in [7, 11) is 5.43. The Balaban J connectivity index is 4.17. The lowest BCUT2D eigenvalue weighted by atomic mass is 10.0. The minimum absolute atomic E-state index is 0.0436. The maximum Gasteiger partial charge on any atom is 0.306 e. The number of esters is 2. The van der Waals surface area contributed by atoms with E-state index in [0.717, 1.165) is 51.4 Å². The van der Waals surface area contributed by atoms with Gasteiger partial charge in [-0.25, -0.2) is 0 Å². The number of likely N-dealkylation sites (N-methyl/N-ethyl adjacent to an activating group) is 1. The molecule has 0 saturated carbocycles. The average Bonchev–Trinajstić information content (AvgIpc) is 3.24. The van der Waals surface area contributed by atoms with Crippen LogP contribution in [0.5, 0.6) is 0 Å². The fourth-order valence-electron chi connectivity index (χ4n) is 8.42. The van der Waals surface area contributed by atoms with Crippen molar-refractivity contribution in [2.45, 2.75) is 283 Å². The SMILES string of the molecule is CCCCCCCCCCC/C=C/CCCCCCCC(=O)OC(COCCC(C(=O)[O-])[N+](C)(C)C)COC(=O)CCCCCCCCCCCCCCCCCCCCCCC. The van der Waals surface area contributed by atoms with Crippen molar-refractivity contribution in [3.8, 4) is 0 Å². The Kier molecular flexibility index (Phi) is 45.2. The smallest absolute Gasteiger partial charge is 0.306 e. The summed E-state index contributed by atoms with van der Waals surface area (Å²) < 4.78 is 17.3. The Morgan fingerprint density at radius 2 is 0.794 bits per heavy atom. The molecule has 372 valence electrons. The number of rotatable bonds is 50. The molecule has 0 rings (SSSR count). The quantitative estimate of drug-likeness (QED) is 0.0259. The first-order chi connectivity index (χ1) is 30.6. The molecule has 0 radical (unpaired) electrons. The molecule has 0 aliphatic heterocycles. The number of hydrogen-bond acceptors (Lipinski definition) is 7. The van der Waals surface area contributed by atoms with Crippen LogP contribution in [0.2, 0.25) is 0 Å². The molecule has 0 bridgehead atoms. The van der Waals surface area contributed by atoms with E-state index in [1.807, 2.05) is 21.1 Å². The molecular formula is C55H105NO7. The molecule has 0 amide bonds. The number of carboxylic acid groups (broad SMARTS) is 1. The average molecular weight is 892 g/mol. The highest BCUT2D eigenvalue weighted by molar-refractivity contribution is 5.70. The molecule has 0 aromatic heterocycles. The van der Waals surface area contributed by atoms with Crippen LogP contribution in [-0.2, 0) is 28.6 Å². The van der Waals surface area contributed by atoms with E-state index in [2.05, 4.69) is 26.0 Å². The van der Waals surface area contributed by atoms with Gasteiger partial charge in [-0.05, 0) is 38.5 Å². The van der Waals surface area contributed by atoms with Crippen LogP contribution in [-0.4, -0.2) is 75.5 Å². The molecule has 0 aromatic carbocycles. The fourth-order valence-corrected chi connectivity index (χ4v) is 8.42. The van der Waals surface area contributed by atoms with E-state index >= 15 is 0 Å². The molecule has 8 heteroatoms. The van der Waals surface area contributed by atoms with Crippen LogP contribution in [0, 0.1) is 0 Å². The van der Waals surface area contributed by atoms with Gasteiger partial charge in [0.05, 0.1) is 40.3 Å². The van der Waals surface area contributed by atoms with E-state index < -0.39 is 18.1 Å². The molecule has 8 nitrogen and oxygen atoms in total. The Morgan fingerprint density at radius 1 is 0.460 bits per heavy atom. The second kappa shape index (κ2) is 46.6. The van der Waals surface area contributed by atoms with Gasteiger partial charge < -0.3 is 28.6 Å². The molecule has 0 N–H and O–H groups in total. The van der Waals surface area contributed by atoms with Crippen molar-refractivity contribution in [2.75, 3.05) is 41.0 Å². The highest BCUT2D eigenvalue weighted by atomic mass is 16.6. The summed E-state index contributed by atoms with van der Waals surface area (Å²) in [5, 5.41) is 11.7. The zero-order valence-electron chi connectivity index (χ0n) is 42.5. The second-order valence-corrected chi connectivity index (χ2v) is 19.8. The predicted molar refractivity (Wildman–Crippen MR) is 264 cm³/mol. The molecule has 2 unspecified atom stereocenters. The van der Waals surface area contributed by atoms with E-state index in [0.29, 0.717) is 12.8 Å². The number of nitrogens with zero attached hydrogens (tertiary/aromatic N) is 1. The van der Waals surface area contributed by atoms with E-state index in [1.54, 1.807) is 0 Å². The highest BCUT2D eigenvalue weighted by Gasteiger charge is 2.25. The van der Waals surface area contributed by atoms with Gasteiger partial charge in [0.25, 0.3) is 0 Å². The van der Waals surface area contributed by atoms with Crippen LogP contribution >= 0.6 is 0 Å². The first-order valence-electron chi connectivity index (χ1n) is 27.2. The Bertz CT molecular complexity index is 1040. The molecule has 0 heterocycles. The lowest BCUT2D eigenvalue weighted by Gasteiger charge is -2.34. The van der Waals surface area contributed by atoms with E-state index in [1.165, 1.54) is 186 Å². The third-order valence-corrected chi connectivity index (χ3v) is 12.7. The van der Waals surface area contributed by atoms with Gasteiger partial charge in [0.2, 0.25) is 0 Å². The lowest BCUT2D eigenvalue weighted by Crippen LogP contribution is -2.55. The summed E-state index contributed by atoms with van der Waals surface area (Å²) >= 11 is 0. The van der Waals surface area contributed by atoms with Gasteiger partial charge in [0.1, 0.15) is 12.6 Å². The van der Waals surface area contributed by atoms with Crippen molar-refractivity contribution in [3.63, 3.8) is 0 Å². The number of aliphatic carboxylic acids is 1. The minimum atomic E-state index is -1.12. The normalized spacial score (nSPS) is 12.8. The topological polar surface area (TPSA) is 102 Å². The molecule has 0 aliphatic rings. The standard InChI is InChI=1S/C55H105NO7/c1-6-8-10-12-14-16-18-20-22-24-26-27-28-30-31-33-35-37-39-41-43-45-53(57)62-50-51(49-61-48-47-52(55(59)60)56(3,4)5)63-54(58)46-44-42-40-38-36-34-32-29-25-23-21-19-17-15-13-11-9-7-2/h29,32,51-52H,6-28,30-31,33-50H2,1-5H3/b32-29+. The Morgan fingerprint density at radius 3 is 1.14 bits per heavy atom. The van der Waals surface area contributed by atoms with Crippen molar-refractivity contribution in [3.05, 3.63) is 12.2 Å². The number of hydrogen-bond donors (Lipinski definition) is 0. The molecule has 0 saturated heterocycles. The van der Waals surface area contributed by atoms with Crippen LogP contribution in [0.15, 0.2) is 12.2 Å². The van der Waals surface area contributed by atoms with Gasteiger partial charge in [-0.3, -0.25) is 9.59 Å². The summed E-state index contributed by atoms with van der Waals surface area (Å²) in [5.41, 5.74) is 0. The Labute approximate surface area is 390 Å². The van der Waals surface area contributed by atoms with Gasteiger partial charge in [-0.2, -0.15) is 0 Å². The van der Waals surface area contributed by atoms with E-state index in [9.17, 15) is 19.5 Å². The number of unbranched alkanes of at least 4 members (excludes halogenated alkanes) is 34. The molecule has 0 aromatic rings. The van der Waals surface area contributed by atoms with Crippen molar-refractivity contribution in [2.24, 2.45) is 0 Å². The predicted octanol–water partition coefficient (Wildman–Crippen LogP) is 14.5. The summed E-state index contributed by atoms with van der Waals surface area (Å²) in [4.78, 5) is 37.1. The van der Waals surface area contributed by atoms with E-state index in [-0.39, 0.29) is 42.7 Å². The number of quaternary nitrogens is 1. The first-order valence-corrected chi connectivity index (χ1v) is 27.2. The van der Waals surface area contributed by atoms with Crippen LogP contribution in [0.4, 0.5) is 0 Å². The highest BCUT2D eigenvalue weighted by Crippen LogP contribution is 2.17. The number of allylic oxidation sites excluding steroid dienone is 2. The molecule has 63 heavy (non-hydrogen) atoms. The summed E-state index contributed by atoms with van der Waals surface area (Å²) in [5.74, 6) is -1.72. The summed E-state index contributed by atoms with van der Waals surface area (Å²) in [6.07, 6.45) is 52.5. The summed E-state index contributed by atoms with van der Waals surface area (Å²) in [6.45, 7) is 4.71. The van der Waals surface area contributed by atoms with Crippen LogP contribution in [0.3, 0.4) is 0 Å². The number of ether oxygens (including phenoxy) is 3. The van der Waals surface area contributed by atoms with Crippen LogP contribution < -0.4 is 5.11 Å². The maximum atomic E-state index is 12.8. The van der Waals surface area contributed by atoms with Gasteiger partial charge >= 0.3 is 11.9 Å². The molecule has 0 fully saturated rings. The zero-order valence-corrected chi connectivity index (χ0v) is 42.5. The second-order valence-electron chi connectivity index (χ2n) is 19.8. The van der Waals surface area contributed by atoms with Gasteiger partial charge in [-0.15, -0.1) is 0 Å². The van der Waals surface area contributed by atoms with Crippen LogP contribution in [0.25, 0.3) is 0 Å². The van der Waals surface area contributed by atoms with E-state index in [4.69, 9.17) is 14.2 Å². The monoisotopic (exact) mass is 892 g/mol. The van der Waals surface area contributed by atoms with Gasteiger partial charge in [0.15, 0.2) is 6.10 Å². The molecule has 2 atom stereocenters. The maximum absolute atomic E-state index is 12.8. The molecular weight excluding hydrogens is 787 g/mol. The lowest BCUT2D eigenvalue weighted by molar-refractivity contribution is -0.889. The third-order valence-electron chi connectivity index (χ3n) is 12.7. The molecule has 0 spiro atoms. The minimum Gasteiger partial charge on any atom is -0.544 e. The van der Waals surface area contributed by atoms with Gasteiger partial charge in [-0.1, -0.05) is 225 Å². The summed E-state index contributed by atoms with van der Waals surface area (Å²) in [6, 6.07) is -0.724. The Hall–Kier alpha value is -1.93.